The smallest absolute Gasteiger partial charge is 0.330 e. The highest BCUT2D eigenvalue weighted by Crippen LogP contribution is 2.75. The molecule has 6 rings (SSSR count). The second-order valence-electron chi connectivity index (χ2n) is 19.9. The Morgan fingerprint density at radius 2 is 1.58 bits per heavy atom. The fraction of sp³-hybridized carbons (Fsp3) is 0.733. The van der Waals surface area contributed by atoms with Crippen molar-refractivity contribution in [3.05, 3.63) is 53.6 Å². The van der Waals surface area contributed by atoms with Crippen LogP contribution in [-0.4, -0.2) is 114 Å². The van der Waals surface area contributed by atoms with Crippen LogP contribution < -0.4 is 0 Å². The van der Waals surface area contributed by atoms with Crippen molar-refractivity contribution in [2.75, 3.05) is 6.61 Å². The molecule has 1 aliphatic heterocycles. The van der Waals surface area contributed by atoms with Crippen molar-refractivity contribution in [2.24, 2.45) is 39.4 Å². The Morgan fingerprint density at radius 1 is 0.912 bits per heavy atom. The van der Waals surface area contributed by atoms with Crippen molar-refractivity contribution in [3.8, 4) is 0 Å². The highest BCUT2D eigenvalue weighted by atomic mass is 16.7. The minimum atomic E-state index is -1.80. The molecule has 15 atom stereocenters. The van der Waals surface area contributed by atoms with Crippen LogP contribution in [0.25, 0.3) is 6.08 Å². The average Bonchev–Trinajstić information content (AvgIpc) is 3.36. The first-order chi connectivity index (χ1) is 26.4. The van der Waals surface area contributed by atoms with Gasteiger partial charge in [-0.1, -0.05) is 76.6 Å². The van der Waals surface area contributed by atoms with Gasteiger partial charge in [0.05, 0.1) is 23.9 Å². The highest BCUT2D eigenvalue weighted by Gasteiger charge is 2.72. The summed E-state index contributed by atoms with van der Waals surface area (Å²) >= 11 is 0. The van der Waals surface area contributed by atoms with Crippen LogP contribution in [0.4, 0.5) is 0 Å². The Morgan fingerprint density at radius 3 is 2.23 bits per heavy atom. The van der Waals surface area contributed by atoms with Crippen molar-refractivity contribution in [1.29, 1.82) is 0 Å². The van der Waals surface area contributed by atoms with Crippen LogP contribution in [0.1, 0.15) is 106 Å². The molecule has 1 aromatic carbocycles. The Kier molecular flexibility index (Phi) is 12.0. The molecule has 7 N–H and O–H groups in total. The van der Waals surface area contributed by atoms with Gasteiger partial charge in [0, 0.05) is 23.8 Å². The van der Waals surface area contributed by atoms with Gasteiger partial charge in [0.2, 0.25) is 0 Å². The van der Waals surface area contributed by atoms with E-state index in [0.717, 1.165) is 17.6 Å². The molecule has 0 amide bonds. The Hall–Kier alpha value is -2.52. The van der Waals surface area contributed by atoms with Gasteiger partial charge in [0.15, 0.2) is 12.1 Å². The topological polar surface area (TPSA) is 203 Å². The monoisotopic (exact) mass is 798 g/mol. The average molecular weight is 799 g/mol. The van der Waals surface area contributed by atoms with E-state index < -0.39 is 95.0 Å². The number of carbonyl (C=O) groups excluding carboxylic acids is 2. The number of ketones is 1. The first-order valence-corrected chi connectivity index (χ1v) is 20.7. The van der Waals surface area contributed by atoms with E-state index in [9.17, 15) is 45.3 Å². The lowest BCUT2D eigenvalue weighted by molar-refractivity contribution is -0.324. The number of aliphatic hydroxyl groups excluding tert-OH is 5. The van der Waals surface area contributed by atoms with E-state index in [2.05, 4.69) is 26.8 Å². The van der Waals surface area contributed by atoms with Crippen LogP contribution >= 0.6 is 0 Å². The number of Topliss-reactive ketones (excluding diaryl/α,β-unsaturated/α-hetero) is 1. The van der Waals surface area contributed by atoms with E-state index in [1.54, 1.807) is 19.9 Å². The van der Waals surface area contributed by atoms with E-state index >= 15 is 0 Å². The highest BCUT2D eigenvalue weighted by molar-refractivity contribution is 5.87. The summed E-state index contributed by atoms with van der Waals surface area (Å²) in [6.07, 6.45) is -2.30. The van der Waals surface area contributed by atoms with E-state index in [4.69, 9.17) is 14.2 Å². The summed E-state index contributed by atoms with van der Waals surface area (Å²) in [5, 5.41) is 78.7. The second-order valence-corrected chi connectivity index (χ2v) is 19.9. The number of rotatable bonds is 11. The number of carbonyl (C=O) groups is 2. The zero-order valence-electron chi connectivity index (χ0n) is 34.8. The largest absolute Gasteiger partial charge is 0.460 e. The molecule has 1 heterocycles. The van der Waals surface area contributed by atoms with Gasteiger partial charge in [-0.15, -0.1) is 0 Å². The van der Waals surface area contributed by atoms with Gasteiger partial charge in [0.1, 0.15) is 36.6 Å². The first kappa shape index (κ1) is 44.0. The molecule has 1 aromatic rings. The lowest BCUT2D eigenvalue weighted by atomic mass is 9.38. The van der Waals surface area contributed by atoms with Gasteiger partial charge in [-0.25, -0.2) is 4.79 Å². The van der Waals surface area contributed by atoms with E-state index in [0.29, 0.717) is 25.7 Å². The summed E-state index contributed by atoms with van der Waals surface area (Å²) in [4.78, 5) is 26.1. The van der Waals surface area contributed by atoms with Crippen LogP contribution in [-0.2, 0) is 23.8 Å². The molecule has 318 valence electrons. The molecule has 4 aliphatic carbocycles. The molecule has 3 saturated carbocycles. The summed E-state index contributed by atoms with van der Waals surface area (Å²) < 4.78 is 17.7. The lowest BCUT2D eigenvalue weighted by Gasteiger charge is -2.66. The molecule has 0 unspecified atom stereocenters. The van der Waals surface area contributed by atoms with Gasteiger partial charge in [-0.3, -0.25) is 4.79 Å². The first-order valence-electron chi connectivity index (χ1n) is 20.7. The van der Waals surface area contributed by atoms with Crippen molar-refractivity contribution in [1.82, 2.24) is 0 Å². The number of ether oxygens (including phenoxy) is 3. The van der Waals surface area contributed by atoms with Crippen molar-refractivity contribution >= 4 is 17.8 Å². The van der Waals surface area contributed by atoms with Crippen LogP contribution in [0.5, 0.6) is 0 Å². The molecule has 0 aromatic heterocycles. The molecule has 4 fully saturated rings. The van der Waals surface area contributed by atoms with Crippen molar-refractivity contribution in [2.45, 2.75) is 161 Å². The number of hydrogen-bond donors (Lipinski definition) is 7. The van der Waals surface area contributed by atoms with Gasteiger partial charge in [-0.05, 0) is 99.0 Å². The Labute approximate surface area is 336 Å². The molecule has 57 heavy (non-hydrogen) atoms. The predicted octanol–water partition coefficient (Wildman–Crippen LogP) is 3.85. The normalized spacial score (nSPS) is 42.6. The fourth-order valence-electron chi connectivity index (χ4n) is 12.0. The summed E-state index contributed by atoms with van der Waals surface area (Å²) in [6.45, 7) is 14.9. The maximum Gasteiger partial charge on any atom is 0.330 e. The van der Waals surface area contributed by atoms with Crippen molar-refractivity contribution in [3.63, 3.8) is 0 Å². The maximum atomic E-state index is 13.6. The molecule has 12 nitrogen and oxygen atoms in total. The minimum absolute atomic E-state index is 0.00594. The van der Waals surface area contributed by atoms with E-state index in [1.165, 1.54) is 13.0 Å². The molecular weight excluding hydrogens is 732 g/mol. The zero-order valence-corrected chi connectivity index (χ0v) is 34.8. The van der Waals surface area contributed by atoms with Crippen LogP contribution in [0.3, 0.4) is 0 Å². The quantitative estimate of drug-likeness (QED) is 0.0970. The molecule has 0 bridgehead atoms. The lowest BCUT2D eigenvalue weighted by Crippen LogP contribution is -2.64. The molecule has 0 radical (unpaired) electrons. The number of benzene rings is 1. The number of esters is 1. The SMILES string of the molecule is CC(C)(O)CCC(=O)[C@](C)(O)[C@H]1[C@H](O)C[C@@]2(C)[C@@H]3CC=C4[C@@H](C[C@H](O[C@@H]5O[C@H](COC(=O)C=Cc6ccccc6)[C@@H](O)[C@H](O)[C@H]5O)[C@H](O)C4(C)C)[C@]3(C)CC[C@]12C. The van der Waals surface area contributed by atoms with E-state index in [1.807, 2.05) is 44.2 Å². The van der Waals surface area contributed by atoms with Crippen LogP contribution in [0.15, 0.2) is 48.1 Å². The number of fused-ring (bicyclic) bond motifs is 5. The third-order valence-corrected chi connectivity index (χ3v) is 15.5. The van der Waals surface area contributed by atoms with Gasteiger partial charge in [0.25, 0.3) is 0 Å². The second kappa shape index (κ2) is 15.5. The fourth-order valence-corrected chi connectivity index (χ4v) is 12.0. The number of aliphatic hydroxyl groups is 7. The molecule has 12 heteroatoms. The Balaban J connectivity index is 1.21. The molecular formula is C45H66O12. The summed E-state index contributed by atoms with van der Waals surface area (Å²) in [5.74, 6) is -1.83. The van der Waals surface area contributed by atoms with Gasteiger partial charge >= 0.3 is 5.97 Å². The van der Waals surface area contributed by atoms with E-state index in [-0.39, 0.29) is 35.9 Å². The van der Waals surface area contributed by atoms with Crippen LogP contribution in [0, 0.1) is 39.4 Å². The van der Waals surface area contributed by atoms with Crippen LogP contribution in [0.2, 0.25) is 0 Å². The zero-order chi connectivity index (χ0) is 42.1. The maximum absolute atomic E-state index is 13.6. The summed E-state index contributed by atoms with van der Waals surface area (Å²) in [5.41, 5.74) is -3.14. The molecule has 1 saturated heterocycles. The Bertz CT molecular complexity index is 1700. The number of allylic oxidation sites excluding steroid dienone is 1. The molecule has 0 spiro atoms. The summed E-state index contributed by atoms with van der Waals surface area (Å²) in [6, 6.07) is 9.17. The van der Waals surface area contributed by atoms with Crippen molar-refractivity contribution < 1.29 is 59.5 Å². The predicted molar refractivity (Wildman–Crippen MR) is 211 cm³/mol. The third-order valence-electron chi connectivity index (χ3n) is 15.5. The van der Waals surface area contributed by atoms with Gasteiger partial charge < -0.3 is 50.0 Å². The minimum Gasteiger partial charge on any atom is -0.460 e. The molecule has 5 aliphatic rings. The standard InChI is InChI=1S/C45H66O12/c1-40(2,53)19-18-32(47)45(8,54)37-28(46)23-44(7)31-16-15-26-27(42(31,5)20-21-43(37,44)6)22-29(38(52)41(26,3)4)56-39-36(51)35(50)34(49)30(57-39)24-55-33(48)17-14-25-12-10-9-11-13-25/h9-15,17,27-31,34-39,46,49-54H,16,18-24H2,1-8H3/t27-,28-,29+,30-,31-,34-,35+,36-,37+,38+,39-,42+,43-,44+,45+/m1/s1. The number of hydrogen-bond acceptors (Lipinski definition) is 12. The third kappa shape index (κ3) is 7.72. The summed E-state index contributed by atoms with van der Waals surface area (Å²) in [7, 11) is 0. The van der Waals surface area contributed by atoms with Gasteiger partial charge in [-0.2, -0.15) is 0 Å².